The van der Waals surface area contributed by atoms with Gasteiger partial charge in [0, 0.05) is 13.1 Å². The third kappa shape index (κ3) is 3.34. The van der Waals surface area contributed by atoms with Gasteiger partial charge in [0.25, 0.3) is 0 Å². The van der Waals surface area contributed by atoms with Gasteiger partial charge in [-0.15, -0.1) is 0 Å². The summed E-state index contributed by atoms with van der Waals surface area (Å²) >= 11 is 0. The predicted molar refractivity (Wildman–Crippen MR) is 67.8 cm³/mol. The number of likely N-dealkylation sites (tertiary alicyclic amines) is 1. The van der Waals surface area contributed by atoms with Crippen molar-refractivity contribution in [2.45, 2.75) is 12.8 Å². The molecule has 0 bridgehead atoms. The Labute approximate surface area is 101 Å². The van der Waals surface area contributed by atoms with Gasteiger partial charge in [0.2, 0.25) is 0 Å². The Balaban J connectivity index is 1.86. The first kappa shape index (κ1) is 11.7. The Kier molecular flexibility index (Phi) is 3.81. The highest BCUT2D eigenvalue weighted by atomic mass is 16.4. The average molecular weight is 231 g/mol. The molecule has 0 atom stereocenters. The van der Waals surface area contributed by atoms with Crippen LogP contribution in [-0.2, 0) is 0 Å². The molecular formula is C14H17NO2. The molecule has 1 heterocycles. The molecule has 1 aromatic rings. The molecule has 1 fully saturated rings. The minimum absolute atomic E-state index is 0.505. The predicted octanol–water partition coefficient (Wildman–Crippen LogP) is 3.09. The molecule has 1 aliphatic rings. The minimum Gasteiger partial charge on any atom is -0.465 e. The van der Waals surface area contributed by atoms with E-state index < -0.39 is 6.09 Å². The van der Waals surface area contributed by atoms with E-state index in [2.05, 4.69) is 24.3 Å². The molecule has 90 valence electrons. The molecule has 1 saturated heterocycles. The van der Waals surface area contributed by atoms with Crippen LogP contribution in [0.2, 0.25) is 0 Å². The van der Waals surface area contributed by atoms with Crippen molar-refractivity contribution in [1.29, 1.82) is 0 Å². The van der Waals surface area contributed by atoms with E-state index in [1.807, 2.05) is 18.2 Å². The van der Waals surface area contributed by atoms with Crippen molar-refractivity contribution in [3.63, 3.8) is 0 Å². The van der Waals surface area contributed by atoms with Gasteiger partial charge in [-0.1, -0.05) is 42.5 Å². The number of amides is 1. The Bertz CT molecular complexity index is 392. The second-order valence-corrected chi connectivity index (χ2v) is 4.38. The summed E-state index contributed by atoms with van der Waals surface area (Å²) in [6.45, 7) is 1.30. The summed E-state index contributed by atoms with van der Waals surface area (Å²) in [5.41, 5.74) is 1.20. The van der Waals surface area contributed by atoms with Crippen molar-refractivity contribution in [2.24, 2.45) is 5.92 Å². The standard InChI is InChI=1S/C14H17NO2/c16-14(17)15-10-8-13(9-11-15)7-6-12-4-2-1-3-5-12/h1-7,13H,8-11H2,(H,16,17)/b7-6-. The fraction of sp³-hybridized carbons (Fsp3) is 0.357. The highest BCUT2D eigenvalue weighted by Gasteiger charge is 2.20. The maximum Gasteiger partial charge on any atom is 0.407 e. The monoisotopic (exact) mass is 231 g/mol. The second-order valence-electron chi connectivity index (χ2n) is 4.38. The average Bonchev–Trinajstić information content (AvgIpc) is 2.38. The van der Waals surface area contributed by atoms with Crippen LogP contribution in [0.1, 0.15) is 18.4 Å². The molecule has 0 spiro atoms. The molecule has 0 aromatic heterocycles. The van der Waals surface area contributed by atoms with Gasteiger partial charge in [-0.05, 0) is 24.3 Å². The molecule has 17 heavy (non-hydrogen) atoms. The van der Waals surface area contributed by atoms with Crippen LogP contribution >= 0.6 is 0 Å². The molecule has 1 amide bonds. The number of allylic oxidation sites excluding steroid dienone is 1. The Hall–Kier alpha value is -1.77. The molecule has 0 aliphatic carbocycles. The van der Waals surface area contributed by atoms with E-state index >= 15 is 0 Å². The zero-order valence-electron chi connectivity index (χ0n) is 9.75. The summed E-state index contributed by atoms with van der Waals surface area (Å²) in [7, 11) is 0. The van der Waals surface area contributed by atoms with Crippen molar-refractivity contribution in [3.05, 3.63) is 42.0 Å². The summed E-state index contributed by atoms with van der Waals surface area (Å²) in [6, 6.07) is 10.2. The van der Waals surface area contributed by atoms with Gasteiger partial charge in [-0.3, -0.25) is 0 Å². The molecule has 1 aromatic carbocycles. The first-order valence-electron chi connectivity index (χ1n) is 5.97. The molecule has 3 heteroatoms. The Morgan fingerprint density at radius 1 is 1.24 bits per heavy atom. The maximum absolute atomic E-state index is 10.7. The summed E-state index contributed by atoms with van der Waals surface area (Å²) in [5.74, 6) is 0.505. The van der Waals surface area contributed by atoms with Crippen LogP contribution < -0.4 is 0 Å². The van der Waals surface area contributed by atoms with Gasteiger partial charge in [-0.2, -0.15) is 0 Å². The lowest BCUT2D eigenvalue weighted by atomic mass is 9.96. The third-order valence-corrected chi connectivity index (χ3v) is 3.17. The number of benzene rings is 1. The van der Waals surface area contributed by atoms with Crippen LogP contribution in [0.15, 0.2) is 36.4 Å². The van der Waals surface area contributed by atoms with E-state index in [1.165, 1.54) is 10.5 Å². The second kappa shape index (κ2) is 5.53. The summed E-state index contributed by atoms with van der Waals surface area (Å²) in [5, 5.41) is 8.84. The molecule has 2 rings (SSSR count). The number of piperidine rings is 1. The van der Waals surface area contributed by atoms with E-state index in [0.717, 1.165) is 12.8 Å². The van der Waals surface area contributed by atoms with Crippen molar-refractivity contribution >= 4 is 12.2 Å². The van der Waals surface area contributed by atoms with Crippen LogP contribution in [0.4, 0.5) is 4.79 Å². The SMILES string of the molecule is O=C(O)N1CCC(/C=C\c2ccccc2)CC1. The normalized spacial score (nSPS) is 17.5. The lowest BCUT2D eigenvalue weighted by Gasteiger charge is -2.28. The van der Waals surface area contributed by atoms with Crippen molar-refractivity contribution < 1.29 is 9.90 Å². The van der Waals surface area contributed by atoms with E-state index in [9.17, 15) is 4.79 Å². The fourth-order valence-corrected chi connectivity index (χ4v) is 2.09. The molecule has 0 saturated carbocycles. The van der Waals surface area contributed by atoms with E-state index in [1.54, 1.807) is 0 Å². The van der Waals surface area contributed by atoms with E-state index in [-0.39, 0.29) is 0 Å². The summed E-state index contributed by atoms with van der Waals surface area (Å²) < 4.78 is 0. The topological polar surface area (TPSA) is 40.5 Å². The van der Waals surface area contributed by atoms with Crippen LogP contribution in [0, 0.1) is 5.92 Å². The minimum atomic E-state index is -0.796. The van der Waals surface area contributed by atoms with Crippen molar-refractivity contribution in [3.8, 4) is 0 Å². The zero-order chi connectivity index (χ0) is 12.1. The van der Waals surface area contributed by atoms with Gasteiger partial charge in [0.15, 0.2) is 0 Å². The number of rotatable bonds is 2. The smallest absolute Gasteiger partial charge is 0.407 e. The highest BCUT2D eigenvalue weighted by molar-refractivity contribution is 5.65. The fourth-order valence-electron chi connectivity index (χ4n) is 2.09. The molecule has 0 radical (unpaired) electrons. The maximum atomic E-state index is 10.7. The van der Waals surface area contributed by atoms with Gasteiger partial charge in [0.05, 0.1) is 0 Å². The number of hydrogen-bond donors (Lipinski definition) is 1. The lowest BCUT2D eigenvalue weighted by Crippen LogP contribution is -2.36. The zero-order valence-corrected chi connectivity index (χ0v) is 9.75. The largest absolute Gasteiger partial charge is 0.465 e. The molecule has 0 unspecified atom stereocenters. The third-order valence-electron chi connectivity index (χ3n) is 3.17. The quantitative estimate of drug-likeness (QED) is 0.849. The molecular weight excluding hydrogens is 214 g/mol. The van der Waals surface area contributed by atoms with Gasteiger partial charge in [0.1, 0.15) is 0 Å². The van der Waals surface area contributed by atoms with E-state index in [4.69, 9.17) is 5.11 Å². The number of hydrogen-bond acceptors (Lipinski definition) is 1. The van der Waals surface area contributed by atoms with Gasteiger partial charge < -0.3 is 10.0 Å². The molecule has 3 nitrogen and oxygen atoms in total. The van der Waals surface area contributed by atoms with Crippen molar-refractivity contribution in [1.82, 2.24) is 4.90 Å². The van der Waals surface area contributed by atoms with Crippen LogP contribution in [0.5, 0.6) is 0 Å². The summed E-state index contributed by atoms with van der Waals surface area (Å²) in [4.78, 5) is 12.2. The Morgan fingerprint density at radius 2 is 1.88 bits per heavy atom. The first-order chi connectivity index (χ1) is 8.25. The van der Waals surface area contributed by atoms with Gasteiger partial charge >= 0.3 is 6.09 Å². The van der Waals surface area contributed by atoms with Crippen LogP contribution in [-0.4, -0.2) is 29.2 Å². The summed E-state index contributed by atoms with van der Waals surface area (Å²) in [6.07, 6.45) is 5.39. The molecule has 1 aliphatic heterocycles. The Morgan fingerprint density at radius 3 is 2.47 bits per heavy atom. The number of nitrogens with zero attached hydrogens (tertiary/aromatic N) is 1. The van der Waals surface area contributed by atoms with Crippen molar-refractivity contribution in [2.75, 3.05) is 13.1 Å². The molecule has 1 N–H and O–H groups in total. The lowest BCUT2D eigenvalue weighted by molar-refractivity contribution is 0.129. The first-order valence-corrected chi connectivity index (χ1v) is 5.97. The number of carboxylic acid groups (broad SMARTS) is 1. The number of carbonyl (C=O) groups is 1. The van der Waals surface area contributed by atoms with Crippen LogP contribution in [0.3, 0.4) is 0 Å². The van der Waals surface area contributed by atoms with Gasteiger partial charge in [-0.25, -0.2) is 4.79 Å². The van der Waals surface area contributed by atoms with Crippen LogP contribution in [0.25, 0.3) is 6.08 Å². The highest BCUT2D eigenvalue weighted by Crippen LogP contribution is 2.19. The van der Waals surface area contributed by atoms with E-state index in [0.29, 0.717) is 19.0 Å².